The molecule has 0 bridgehead atoms. The summed E-state index contributed by atoms with van der Waals surface area (Å²) in [6.07, 6.45) is 2.17. The number of nitrogens with zero attached hydrogens (tertiary/aromatic N) is 4. The Morgan fingerprint density at radius 2 is 2.14 bits per heavy atom. The van der Waals surface area contributed by atoms with E-state index in [-0.39, 0.29) is 12.1 Å². The van der Waals surface area contributed by atoms with Crippen molar-refractivity contribution >= 4 is 11.8 Å². The molecule has 2 aliphatic rings. The summed E-state index contributed by atoms with van der Waals surface area (Å²) in [6, 6.07) is 2.42. The van der Waals surface area contributed by atoms with Crippen molar-refractivity contribution in [3.63, 3.8) is 0 Å². The van der Waals surface area contributed by atoms with Gasteiger partial charge in [-0.15, -0.1) is 0 Å². The van der Waals surface area contributed by atoms with Crippen LogP contribution < -0.4 is 10.2 Å². The van der Waals surface area contributed by atoms with Gasteiger partial charge < -0.3 is 15.1 Å². The topological polar surface area (TPSA) is 61.4 Å². The van der Waals surface area contributed by atoms with Gasteiger partial charge in [0.2, 0.25) is 0 Å². The number of amides is 2. The van der Waals surface area contributed by atoms with Gasteiger partial charge in [-0.25, -0.2) is 14.8 Å². The molecule has 0 aromatic carbocycles. The number of carbonyl (C=O) groups excluding carboxylic acids is 1. The maximum atomic E-state index is 11.9. The molecule has 2 fully saturated rings. The summed E-state index contributed by atoms with van der Waals surface area (Å²) < 4.78 is 0. The molecule has 0 radical (unpaired) electrons. The number of rotatable bonds is 3. The molecule has 22 heavy (non-hydrogen) atoms. The van der Waals surface area contributed by atoms with Crippen molar-refractivity contribution in [3.05, 3.63) is 17.6 Å². The molecule has 3 heterocycles. The van der Waals surface area contributed by atoms with Crippen LogP contribution in [0.4, 0.5) is 10.6 Å². The van der Waals surface area contributed by atoms with Gasteiger partial charge in [0.1, 0.15) is 11.6 Å². The van der Waals surface area contributed by atoms with Crippen molar-refractivity contribution in [3.8, 4) is 0 Å². The molecule has 120 valence electrons. The SMILES string of the molecule is Cc1cc(N2CCCC(N3CCNC3=O)C2)nc(C(C)C)n1. The fraction of sp³-hybridized carbons (Fsp3) is 0.688. The smallest absolute Gasteiger partial charge is 0.317 e. The van der Waals surface area contributed by atoms with Gasteiger partial charge in [0.25, 0.3) is 0 Å². The molecule has 0 saturated carbocycles. The third-order valence-electron chi connectivity index (χ3n) is 4.43. The highest BCUT2D eigenvalue weighted by molar-refractivity contribution is 5.76. The molecule has 0 aliphatic carbocycles. The Hall–Kier alpha value is -1.85. The third-order valence-corrected chi connectivity index (χ3v) is 4.43. The highest BCUT2D eigenvalue weighted by Crippen LogP contribution is 2.23. The molecule has 2 amide bonds. The second-order valence-corrected chi connectivity index (χ2v) is 6.55. The Morgan fingerprint density at radius 1 is 1.32 bits per heavy atom. The van der Waals surface area contributed by atoms with Crippen molar-refractivity contribution in [2.45, 2.75) is 45.6 Å². The van der Waals surface area contributed by atoms with Crippen LogP contribution in [0.5, 0.6) is 0 Å². The zero-order chi connectivity index (χ0) is 15.7. The summed E-state index contributed by atoms with van der Waals surface area (Å²) in [5, 5.41) is 2.90. The largest absolute Gasteiger partial charge is 0.354 e. The molecule has 6 heteroatoms. The Balaban J connectivity index is 1.78. The van der Waals surface area contributed by atoms with Gasteiger partial charge in [0, 0.05) is 43.9 Å². The molecule has 1 atom stereocenters. The number of piperidine rings is 1. The molecule has 0 spiro atoms. The van der Waals surface area contributed by atoms with Crippen LogP contribution in [0.1, 0.15) is 44.1 Å². The molecule has 1 aromatic rings. The average molecular weight is 303 g/mol. The second kappa shape index (κ2) is 6.10. The van der Waals surface area contributed by atoms with E-state index < -0.39 is 0 Å². The molecular weight excluding hydrogens is 278 g/mol. The normalized spacial score (nSPS) is 22.4. The van der Waals surface area contributed by atoms with Crippen molar-refractivity contribution < 1.29 is 4.79 Å². The van der Waals surface area contributed by atoms with Gasteiger partial charge in [-0.2, -0.15) is 0 Å². The lowest BCUT2D eigenvalue weighted by Gasteiger charge is -2.37. The Labute approximate surface area is 131 Å². The van der Waals surface area contributed by atoms with Crippen LogP contribution in [0.15, 0.2) is 6.07 Å². The Morgan fingerprint density at radius 3 is 2.82 bits per heavy atom. The fourth-order valence-corrected chi connectivity index (χ4v) is 3.25. The van der Waals surface area contributed by atoms with Gasteiger partial charge in [0.05, 0.1) is 6.04 Å². The summed E-state index contributed by atoms with van der Waals surface area (Å²) in [5.41, 5.74) is 1.01. The number of hydrogen-bond donors (Lipinski definition) is 1. The summed E-state index contributed by atoms with van der Waals surface area (Å²) >= 11 is 0. The fourth-order valence-electron chi connectivity index (χ4n) is 3.25. The highest BCUT2D eigenvalue weighted by atomic mass is 16.2. The number of hydrogen-bond acceptors (Lipinski definition) is 4. The molecule has 1 unspecified atom stereocenters. The quantitative estimate of drug-likeness (QED) is 0.926. The van der Waals surface area contributed by atoms with Crippen LogP contribution in [0.2, 0.25) is 0 Å². The zero-order valence-corrected chi connectivity index (χ0v) is 13.7. The Kier molecular flexibility index (Phi) is 4.18. The predicted molar refractivity (Wildman–Crippen MR) is 86.2 cm³/mol. The standard InChI is InChI=1S/C16H25N5O/c1-11(2)15-18-12(3)9-14(19-15)20-7-4-5-13(10-20)21-8-6-17-16(21)22/h9,11,13H,4-8,10H2,1-3H3,(H,17,22). The Bertz CT molecular complexity index is 559. The second-order valence-electron chi connectivity index (χ2n) is 6.55. The van der Waals surface area contributed by atoms with Gasteiger partial charge in [0.15, 0.2) is 0 Å². The summed E-state index contributed by atoms with van der Waals surface area (Å²) in [6.45, 7) is 9.70. The van der Waals surface area contributed by atoms with E-state index >= 15 is 0 Å². The van der Waals surface area contributed by atoms with Crippen LogP contribution in [0, 0.1) is 6.92 Å². The maximum Gasteiger partial charge on any atom is 0.317 e. The van der Waals surface area contributed by atoms with Gasteiger partial charge in [-0.3, -0.25) is 0 Å². The van der Waals surface area contributed by atoms with E-state index in [0.29, 0.717) is 5.92 Å². The number of nitrogens with one attached hydrogen (secondary N) is 1. The van der Waals surface area contributed by atoms with Crippen molar-refractivity contribution in [1.29, 1.82) is 0 Å². The summed E-state index contributed by atoms with van der Waals surface area (Å²) in [7, 11) is 0. The van der Waals surface area contributed by atoms with Crippen LogP contribution >= 0.6 is 0 Å². The molecule has 2 saturated heterocycles. The molecular formula is C16H25N5O. The van der Waals surface area contributed by atoms with E-state index in [4.69, 9.17) is 4.98 Å². The minimum Gasteiger partial charge on any atom is -0.354 e. The first-order valence-electron chi connectivity index (χ1n) is 8.19. The summed E-state index contributed by atoms with van der Waals surface area (Å²) in [4.78, 5) is 25.4. The molecule has 6 nitrogen and oxygen atoms in total. The minimum atomic E-state index is 0.0774. The van der Waals surface area contributed by atoms with Crippen LogP contribution in [-0.2, 0) is 0 Å². The van der Waals surface area contributed by atoms with E-state index in [0.717, 1.165) is 56.4 Å². The van der Waals surface area contributed by atoms with Gasteiger partial charge >= 0.3 is 6.03 Å². The van der Waals surface area contributed by atoms with E-state index in [1.54, 1.807) is 0 Å². The van der Waals surface area contributed by atoms with Crippen molar-refractivity contribution in [1.82, 2.24) is 20.2 Å². The van der Waals surface area contributed by atoms with E-state index in [1.165, 1.54) is 0 Å². The van der Waals surface area contributed by atoms with Gasteiger partial charge in [-0.05, 0) is 19.8 Å². The first-order valence-corrected chi connectivity index (χ1v) is 8.19. The summed E-state index contributed by atoms with van der Waals surface area (Å²) in [5.74, 6) is 2.22. The number of urea groups is 1. The lowest BCUT2D eigenvalue weighted by molar-refractivity contribution is 0.189. The first-order chi connectivity index (χ1) is 10.5. The molecule has 1 N–H and O–H groups in total. The average Bonchev–Trinajstić information content (AvgIpc) is 2.93. The zero-order valence-electron chi connectivity index (χ0n) is 13.7. The number of aromatic nitrogens is 2. The van der Waals surface area contributed by atoms with Crippen LogP contribution in [-0.4, -0.2) is 53.1 Å². The first kappa shape index (κ1) is 15.1. The molecule has 3 rings (SSSR count). The monoisotopic (exact) mass is 303 g/mol. The lowest BCUT2D eigenvalue weighted by atomic mass is 10.0. The molecule has 2 aliphatic heterocycles. The van der Waals surface area contributed by atoms with Crippen LogP contribution in [0.3, 0.4) is 0 Å². The maximum absolute atomic E-state index is 11.9. The number of anilines is 1. The third kappa shape index (κ3) is 3.00. The van der Waals surface area contributed by atoms with Crippen molar-refractivity contribution in [2.75, 3.05) is 31.1 Å². The van der Waals surface area contributed by atoms with Crippen LogP contribution in [0.25, 0.3) is 0 Å². The lowest BCUT2D eigenvalue weighted by Crippen LogP contribution is -2.49. The van der Waals surface area contributed by atoms with Crippen molar-refractivity contribution in [2.24, 2.45) is 0 Å². The van der Waals surface area contributed by atoms with Gasteiger partial charge in [-0.1, -0.05) is 13.8 Å². The predicted octanol–water partition coefficient (Wildman–Crippen LogP) is 1.90. The van der Waals surface area contributed by atoms with E-state index in [2.05, 4.69) is 35.1 Å². The number of carbonyl (C=O) groups is 1. The molecule has 1 aromatic heterocycles. The number of aryl methyl sites for hydroxylation is 1. The van der Waals surface area contributed by atoms with E-state index in [9.17, 15) is 4.79 Å². The minimum absolute atomic E-state index is 0.0774. The van der Waals surface area contributed by atoms with E-state index in [1.807, 2.05) is 11.8 Å². The highest BCUT2D eigenvalue weighted by Gasteiger charge is 2.31.